The van der Waals surface area contributed by atoms with Crippen LogP contribution in [0.4, 0.5) is 0 Å². The molecular weight excluding hydrogens is 192 g/mol. The molecule has 0 radical (unpaired) electrons. The summed E-state index contributed by atoms with van der Waals surface area (Å²) < 4.78 is 4.55. The number of hydrogen-bond donors (Lipinski definition) is 1. The topological polar surface area (TPSA) is 46.5 Å². The van der Waals surface area contributed by atoms with Crippen LogP contribution in [0.5, 0.6) is 0 Å². The van der Waals surface area contributed by atoms with Crippen molar-refractivity contribution in [3.63, 3.8) is 0 Å². The summed E-state index contributed by atoms with van der Waals surface area (Å²) in [5.41, 5.74) is 2.31. The number of rotatable bonds is 2. The van der Waals surface area contributed by atoms with Crippen molar-refractivity contribution in [1.29, 1.82) is 0 Å². The number of esters is 1. The minimum atomic E-state index is -1.03. The number of carbonyl (C=O) groups excluding carboxylic acids is 1. The summed E-state index contributed by atoms with van der Waals surface area (Å²) in [6.07, 6.45) is 0.712. The number of fused-ring (bicyclic) bond motifs is 1. The second-order valence-electron chi connectivity index (χ2n) is 3.81. The van der Waals surface area contributed by atoms with Gasteiger partial charge in [-0.15, -0.1) is 0 Å². The number of aryl methyl sites for hydroxylation is 1. The first kappa shape index (κ1) is 10.2. The molecule has 0 amide bonds. The van der Waals surface area contributed by atoms with E-state index in [1.165, 1.54) is 12.7 Å². The van der Waals surface area contributed by atoms with E-state index in [0.29, 0.717) is 0 Å². The third-order valence-electron chi connectivity index (χ3n) is 3.00. The van der Waals surface area contributed by atoms with Gasteiger partial charge in [0.25, 0.3) is 0 Å². The van der Waals surface area contributed by atoms with Gasteiger partial charge in [-0.05, 0) is 24.0 Å². The van der Waals surface area contributed by atoms with Gasteiger partial charge >= 0.3 is 5.97 Å². The number of benzene rings is 1. The molecule has 2 rings (SSSR count). The summed E-state index contributed by atoms with van der Waals surface area (Å²) in [5, 5.41) is 9.79. The summed E-state index contributed by atoms with van der Waals surface area (Å²) >= 11 is 0. The Morgan fingerprint density at radius 3 is 3.00 bits per heavy atom. The van der Waals surface area contributed by atoms with E-state index >= 15 is 0 Å². The summed E-state index contributed by atoms with van der Waals surface area (Å²) in [7, 11) is 1.30. The van der Waals surface area contributed by atoms with Crippen molar-refractivity contribution in [3.05, 3.63) is 35.4 Å². The molecule has 0 aromatic heterocycles. The van der Waals surface area contributed by atoms with Crippen LogP contribution in [0.1, 0.15) is 23.5 Å². The van der Waals surface area contributed by atoms with E-state index in [-0.39, 0.29) is 5.92 Å². The molecule has 2 atom stereocenters. The number of hydrogen-bond acceptors (Lipinski definition) is 3. The largest absolute Gasteiger partial charge is 0.467 e. The van der Waals surface area contributed by atoms with E-state index in [0.717, 1.165) is 18.4 Å². The van der Waals surface area contributed by atoms with Gasteiger partial charge in [-0.1, -0.05) is 24.3 Å². The molecule has 0 saturated heterocycles. The summed E-state index contributed by atoms with van der Waals surface area (Å²) in [4.78, 5) is 11.2. The lowest BCUT2D eigenvalue weighted by molar-refractivity contribution is -0.151. The predicted molar refractivity (Wildman–Crippen MR) is 55.5 cm³/mol. The van der Waals surface area contributed by atoms with Crippen LogP contribution in [-0.4, -0.2) is 24.3 Å². The minimum Gasteiger partial charge on any atom is -0.467 e. The average Bonchev–Trinajstić information content (AvgIpc) is 2.70. The molecule has 1 N–H and O–H groups in total. The van der Waals surface area contributed by atoms with Gasteiger partial charge in [0.05, 0.1) is 7.11 Å². The first-order valence-corrected chi connectivity index (χ1v) is 5.07. The van der Waals surface area contributed by atoms with Gasteiger partial charge in [-0.3, -0.25) is 0 Å². The van der Waals surface area contributed by atoms with Crippen LogP contribution in [0.25, 0.3) is 0 Å². The van der Waals surface area contributed by atoms with Crippen molar-refractivity contribution < 1.29 is 14.6 Å². The third kappa shape index (κ3) is 1.75. The van der Waals surface area contributed by atoms with Gasteiger partial charge in [0.2, 0.25) is 0 Å². The second kappa shape index (κ2) is 4.03. The standard InChI is InChI=1S/C12H14O3/c1-15-12(14)11(13)10-7-6-8-4-2-3-5-9(8)10/h2-5,10-11,13H,6-7H2,1H3. The summed E-state index contributed by atoms with van der Waals surface area (Å²) in [5.74, 6) is -0.648. The number of methoxy groups -OCH3 is 1. The summed E-state index contributed by atoms with van der Waals surface area (Å²) in [6, 6.07) is 7.92. The SMILES string of the molecule is COC(=O)C(O)C1CCc2ccccc21. The van der Waals surface area contributed by atoms with Crippen LogP contribution in [-0.2, 0) is 16.0 Å². The zero-order chi connectivity index (χ0) is 10.8. The van der Waals surface area contributed by atoms with E-state index in [4.69, 9.17) is 0 Å². The maximum Gasteiger partial charge on any atom is 0.335 e. The molecule has 3 heteroatoms. The third-order valence-corrected chi connectivity index (χ3v) is 3.00. The first-order chi connectivity index (χ1) is 7.24. The molecule has 80 valence electrons. The maximum atomic E-state index is 11.2. The number of aliphatic hydroxyl groups excluding tert-OH is 1. The van der Waals surface area contributed by atoms with Crippen LogP contribution >= 0.6 is 0 Å². The number of aliphatic hydroxyl groups is 1. The van der Waals surface area contributed by atoms with Gasteiger partial charge in [0, 0.05) is 5.92 Å². The number of ether oxygens (including phenoxy) is 1. The van der Waals surface area contributed by atoms with Crippen LogP contribution < -0.4 is 0 Å². The van der Waals surface area contributed by atoms with E-state index in [2.05, 4.69) is 4.74 Å². The van der Waals surface area contributed by atoms with Gasteiger partial charge in [0.15, 0.2) is 6.10 Å². The Morgan fingerprint density at radius 2 is 2.27 bits per heavy atom. The van der Waals surface area contributed by atoms with Crippen molar-refractivity contribution in [1.82, 2.24) is 0 Å². The van der Waals surface area contributed by atoms with Gasteiger partial charge in [-0.25, -0.2) is 4.79 Å². The molecule has 1 aromatic carbocycles. The zero-order valence-electron chi connectivity index (χ0n) is 8.64. The van der Waals surface area contributed by atoms with Crippen LogP contribution in [0, 0.1) is 0 Å². The summed E-state index contributed by atoms with van der Waals surface area (Å²) in [6.45, 7) is 0. The van der Waals surface area contributed by atoms with Crippen molar-refractivity contribution in [3.8, 4) is 0 Å². The lowest BCUT2D eigenvalue weighted by Gasteiger charge is -2.16. The Morgan fingerprint density at radius 1 is 1.53 bits per heavy atom. The minimum absolute atomic E-state index is 0.103. The Labute approximate surface area is 88.7 Å². The molecule has 0 bridgehead atoms. The van der Waals surface area contributed by atoms with Crippen LogP contribution in [0.3, 0.4) is 0 Å². The molecule has 2 unspecified atom stereocenters. The van der Waals surface area contributed by atoms with Crippen molar-refractivity contribution >= 4 is 5.97 Å². The fraction of sp³-hybridized carbons (Fsp3) is 0.417. The van der Waals surface area contributed by atoms with Crippen LogP contribution in [0.2, 0.25) is 0 Å². The highest BCUT2D eigenvalue weighted by atomic mass is 16.5. The quantitative estimate of drug-likeness (QED) is 0.741. The number of carbonyl (C=O) groups is 1. The molecule has 3 nitrogen and oxygen atoms in total. The Bertz CT molecular complexity index is 373. The predicted octanol–water partition coefficient (Wildman–Crippen LogP) is 1.25. The highest BCUT2D eigenvalue weighted by molar-refractivity contribution is 5.76. The molecule has 0 aliphatic heterocycles. The first-order valence-electron chi connectivity index (χ1n) is 5.07. The lowest BCUT2D eigenvalue weighted by Crippen LogP contribution is -2.27. The monoisotopic (exact) mass is 206 g/mol. The maximum absolute atomic E-state index is 11.2. The van der Waals surface area contributed by atoms with Crippen LogP contribution in [0.15, 0.2) is 24.3 Å². The molecule has 0 spiro atoms. The molecule has 0 saturated carbocycles. The van der Waals surface area contributed by atoms with Crippen molar-refractivity contribution in [2.24, 2.45) is 0 Å². The Hall–Kier alpha value is -1.35. The molecule has 0 fully saturated rings. The van der Waals surface area contributed by atoms with E-state index in [9.17, 15) is 9.90 Å². The second-order valence-corrected chi connectivity index (χ2v) is 3.81. The molecule has 1 aliphatic rings. The fourth-order valence-corrected chi connectivity index (χ4v) is 2.20. The highest BCUT2D eigenvalue weighted by Gasteiger charge is 2.33. The van der Waals surface area contributed by atoms with E-state index in [1.54, 1.807) is 0 Å². The Balaban J connectivity index is 2.24. The molecule has 15 heavy (non-hydrogen) atoms. The smallest absolute Gasteiger partial charge is 0.335 e. The van der Waals surface area contributed by atoms with Gasteiger partial charge < -0.3 is 9.84 Å². The molecule has 1 aliphatic carbocycles. The Kier molecular flexibility index (Phi) is 2.73. The van der Waals surface area contributed by atoms with Crippen molar-refractivity contribution in [2.75, 3.05) is 7.11 Å². The van der Waals surface area contributed by atoms with Gasteiger partial charge in [-0.2, -0.15) is 0 Å². The normalized spacial score (nSPS) is 20.8. The van der Waals surface area contributed by atoms with E-state index < -0.39 is 12.1 Å². The average molecular weight is 206 g/mol. The fourth-order valence-electron chi connectivity index (χ4n) is 2.20. The van der Waals surface area contributed by atoms with Crippen molar-refractivity contribution in [2.45, 2.75) is 24.9 Å². The zero-order valence-corrected chi connectivity index (χ0v) is 8.64. The molecule has 1 aromatic rings. The molecule has 0 heterocycles. The van der Waals surface area contributed by atoms with E-state index in [1.807, 2.05) is 24.3 Å². The lowest BCUT2D eigenvalue weighted by atomic mass is 9.95. The van der Waals surface area contributed by atoms with Gasteiger partial charge in [0.1, 0.15) is 0 Å². The highest BCUT2D eigenvalue weighted by Crippen LogP contribution is 2.35. The molecular formula is C12H14O3.